The maximum Gasteiger partial charge on any atom is 0.353 e. The van der Waals surface area contributed by atoms with E-state index in [0.717, 1.165) is 5.75 Å². The summed E-state index contributed by atoms with van der Waals surface area (Å²) in [5, 5.41) is 0. The van der Waals surface area contributed by atoms with Crippen molar-refractivity contribution in [2.24, 2.45) is 5.73 Å². The van der Waals surface area contributed by atoms with Gasteiger partial charge in [0.05, 0.1) is 0 Å². The van der Waals surface area contributed by atoms with Gasteiger partial charge in [-0.15, -0.1) is 0 Å². The largest absolute Gasteiger partial charge is 0.490 e. The van der Waals surface area contributed by atoms with E-state index < -0.39 is 5.97 Å². The number of carbonyl (C=O) groups excluding carboxylic acids is 1. The highest BCUT2D eigenvalue weighted by molar-refractivity contribution is 5.86. The molecule has 0 saturated carbocycles. The van der Waals surface area contributed by atoms with E-state index in [9.17, 15) is 4.79 Å². The van der Waals surface area contributed by atoms with Crippen LogP contribution in [-0.2, 0) is 9.53 Å². The van der Waals surface area contributed by atoms with Crippen molar-refractivity contribution in [1.82, 2.24) is 0 Å². The topological polar surface area (TPSA) is 61.6 Å². The first-order valence-electron chi connectivity index (χ1n) is 4.49. The van der Waals surface area contributed by atoms with Gasteiger partial charge in [0, 0.05) is 0 Å². The van der Waals surface area contributed by atoms with Gasteiger partial charge in [-0.05, 0) is 12.1 Å². The molecule has 0 atom stereocenters. The van der Waals surface area contributed by atoms with E-state index in [2.05, 4.69) is 6.58 Å². The van der Waals surface area contributed by atoms with Gasteiger partial charge < -0.3 is 15.2 Å². The van der Waals surface area contributed by atoms with Crippen LogP contribution >= 0.6 is 0 Å². The number of nitrogens with two attached hydrogens (primary N) is 1. The predicted molar refractivity (Wildman–Crippen MR) is 56.2 cm³/mol. The Balaban J connectivity index is 2.18. The highest BCUT2D eigenvalue weighted by Gasteiger charge is 2.02. The van der Waals surface area contributed by atoms with E-state index in [1.807, 2.05) is 30.3 Å². The molecule has 0 bridgehead atoms. The fourth-order valence-corrected chi connectivity index (χ4v) is 0.903. The molecule has 4 heteroatoms. The summed E-state index contributed by atoms with van der Waals surface area (Å²) in [5.74, 6) is 0.131. The minimum Gasteiger partial charge on any atom is -0.490 e. The maximum absolute atomic E-state index is 10.9. The normalized spacial score (nSPS) is 9.33. The number of hydrogen-bond donors (Lipinski definition) is 1. The summed E-state index contributed by atoms with van der Waals surface area (Å²) in [6.45, 7) is 3.71. The zero-order valence-electron chi connectivity index (χ0n) is 8.31. The van der Waals surface area contributed by atoms with Crippen molar-refractivity contribution in [2.45, 2.75) is 0 Å². The molecular weight excluding hydrogens is 194 g/mol. The van der Waals surface area contributed by atoms with Gasteiger partial charge in [0.25, 0.3) is 0 Å². The highest BCUT2D eigenvalue weighted by atomic mass is 16.6. The number of rotatable bonds is 5. The van der Waals surface area contributed by atoms with E-state index in [-0.39, 0.29) is 12.3 Å². The van der Waals surface area contributed by atoms with Crippen LogP contribution in [0.5, 0.6) is 5.75 Å². The van der Waals surface area contributed by atoms with Crippen LogP contribution in [0, 0.1) is 0 Å². The predicted octanol–water partition coefficient (Wildman–Crippen LogP) is 1.08. The third-order valence-electron chi connectivity index (χ3n) is 1.59. The van der Waals surface area contributed by atoms with Crippen LogP contribution in [0.4, 0.5) is 0 Å². The molecule has 0 radical (unpaired) electrons. The Labute approximate surface area is 88.3 Å². The van der Waals surface area contributed by atoms with E-state index in [4.69, 9.17) is 15.2 Å². The van der Waals surface area contributed by atoms with Crippen molar-refractivity contribution in [2.75, 3.05) is 13.2 Å². The number of esters is 1. The second-order valence-corrected chi connectivity index (χ2v) is 2.82. The molecule has 0 aromatic heterocycles. The quantitative estimate of drug-likeness (QED) is 0.446. The third-order valence-corrected chi connectivity index (χ3v) is 1.59. The zero-order chi connectivity index (χ0) is 11.1. The fraction of sp³-hybridized carbons (Fsp3) is 0.182. The summed E-state index contributed by atoms with van der Waals surface area (Å²) < 4.78 is 10.0. The van der Waals surface area contributed by atoms with Gasteiger partial charge in [-0.1, -0.05) is 24.8 Å². The molecule has 0 aliphatic heterocycles. The standard InChI is InChI=1S/C11H13NO3/c1-9(12)11(13)15-8-7-14-10-5-3-2-4-6-10/h2-6H,1,7-8,12H2. The molecule has 15 heavy (non-hydrogen) atoms. The molecule has 2 N–H and O–H groups in total. The van der Waals surface area contributed by atoms with Gasteiger partial charge in [0.1, 0.15) is 24.7 Å². The molecule has 0 saturated heterocycles. The van der Waals surface area contributed by atoms with Crippen molar-refractivity contribution in [3.63, 3.8) is 0 Å². The van der Waals surface area contributed by atoms with Crippen LogP contribution < -0.4 is 10.5 Å². The Morgan fingerprint density at radius 2 is 1.93 bits per heavy atom. The fourth-order valence-electron chi connectivity index (χ4n) is 0.903. The lowest BCUT2D eigenvalue weighted by Gasteiger charge is -2.06. The summed E-state index contributed by atoms with van der Waals surface area (Å²) in [4.78, 5) is 10.9. The van der Waals surface area contributed by atoms with Crippen LogP contribution in [0.25, 0.3) is 0 Å². The van der Waals surface area contributed by atoms with Gasteiger partial charge in [0.15, 0.2) is 0 Å². The van der Waals surface area contributed by atoms with Gasteiger partial charge in [0.2, 0.25) is 0 Å². The summed E-state index contributed by atoms with van der Waals surface area (Å²) in [6, 6.07) is 9.27. The van der Waals surface area contributed by atoms with E-state index in [1.54, 1.807) is 0 Å². The minimum absolute atomic E-state index is 0.102. The van der Waals surface area contributed by atoms with Crippen LogP contribution in [-0.4, -0.2) is 19.2 Å². The minimum atomic E-state index is -0.605. The van der Waals surface area contributed by atoms with Crippen LogP contribution in [0.2, 0.25) is 0 Å². The first-order valence-corrected chi connectivity index (χ1v) is 4.49. The van der Waals surface area contributed by atoms with Gasteiger partial charge in [-0.25, -0.2) is 4.79 Å². The summed E-state index contributed by atoms with van der Waals surface area (Å²) in [5.41, 5.74) is 5.02. The van der Waals surface area contributed by atoms with Gasteiger partial charge >= 0.3 is 5.97 Å². The number of para-hydroxylation sites is 1. The Bertz CT molecular complexity index is 335. The molecule has 0 fully saturated rings. The second-order valence-electron chi connectivity index (χ2n) is 2.82. The van der Waals surface area contributed by atoms with E-state index in [0.29, 0.717) is 6.61 Å². The lowest BCUT2D eigenvalue weighted by Crippen LogP contribution is -2.17. The SMILES string of the molecule is C=C(N)C(=O)OCCOc1ccccc1. The Morgan fingerprint density at radius 3 is 2.53 bits per heavy atom. The summed E-state index contributed by atoms with van der Waals surface area (Å²) in [7, 11) is 0. The van der Waals surface area contributed by atoms with Crippen molar-refractivity contribution < 1.29 is 14.3 Å². The van der Waals surface area contributed by atoms with Crippen molar-refractivity contribution in [3.8, 4) is 5.75 Å². The van der Waals surface area contributed by atoms with Crippen molar-refractivity contribution in [1.29, 1.82) is 0 Å². The lowest BCUT2D eigenvalue weighted by molar-refractivity contribution is -0.139. The third kappa shape index (κ3) is 4.17. The highest BCUT2D eigenvalue weighted by Crippen LogP contribution is 2.07. The summed E-state index contributed by atoms with van der Waals surface area (Å²) in [6.07, 6.45) is 0. The lowest BCUT2D eigenvalue weighted by atomic mass is 10.3. The van der Waals surface area contributed by atoms with E-state index in [1.165, 1.54) is 0 Å². The first kappa shape index (κ1) is 11.1. The average Bonchev–Trinajstić information content (AvgIpc) is 2.25. The first-order chi connectivity index (χ1) is 7.20. The molecule has 0 heterocycles. The molecule has 0 unspecified atom stereocenters. The molecule has 80 valence electrons. The second kappa shape index (κ2) is 5.70. The van der Waals surface area contributed by atoms with Gasteiger partial charge in [-0.2, -0.15) is 0 Å². The molecule has 0 spiro atoms. The Morgan fingerprint density at radius 1 is 1.27 bits per heavy atom. The molecule has 0 aliphatic rings. The Kier molecular flexibility index (Phi) is 4.22. The van der Waals surface area contributed by atoms with Crippen molar-refractivity contribution in [3.05, 3.63) is 42.6 Å². The molecule has 1 aromatic rings. The average molecular weight is 207 g/mol. The molecule has 1 aromatic carbocycles. The number of benzene rings is 1. The smallest absolute Gasteiger partial charge is 0.353 e. The molecule has 1 rings (SSSR count). The van der Waals surface area contributed by atoms with Crippen LogP contribution in [0.1, 0.15) is 0 Å². The molecular formula is C11H13NO3. The molecule has 4 nitrogen and oxygen atoms in total. The van der Waals surface area contributed by atoms with Crippen LogP contribution in [0.15, 0.2) is 42.6 Å². The van der Waals surface area contributed by atoms with E-state index >= 15 is 0 Å². The molecule has 0 amide bonds. The Hall–Kier alpha value is -1.97. The van der Waals surface area contributed by atoms with Crippen molar-refractivity contribution >= 4 is 5.97 Å². The zero-order valence-corrected chi connectivity index (χ0v) is 8.31. The monoisotopic (exact) mass is 207 g/mol. The number of ether oxygens (including phenoxy) is 2. The maximum atomic E-state index is 10.9. The summed E-state index contributed by atoms with van der Waals surface area (Å²) >= 11 is 0. The van der Waals surface area contributed by atoms with Gasteiger partial charge in [-0.3, -0.25) is 0 Å². The number of hydrogen-bond acceptors (Lipinski definition) is 4. The van der Waals surface area contributed by atoms with Crippen LogP contribution in [0.3, 0.4) is 0 Å². The molecule has 0 aliphatic carbocycles. The number of carbonyl (C=O) groups is 1.